The third kappa shape index (κ3) is 3.95. The summed E-state index contributed by atoms with van der Waals surface area (Å²) >= 11 is 6.31. The second-order valence-corrected chi connectivity index (χ2v) is 9.23. The average Bonchev–Trinajstić information content (AvgIpc) is 3.13. The molecule has 1 saturated heterocycles. The predicted octanol–water partition coefficient (Wildman–Crippen LogP) is 3.32. The highest BCUT2D eigenvalue weighted by Gasteiger charge is 2.29. The van der Waals surface area contributed by atoms with Crippen LogP contribution in [0, 0.1) is 0 Å². The molecule has 0 spiro atoms. The molecule has 2 aliphatic rings. The first-order chi connectivity index (χ1) is 15.0. The number of rotatable bonds is 3. The third-order valence-corrected chi connectivity index (χ3v) is 6.94. The Labute approximate surface area is 188 Å². The Morgan fingerprint density at radius 3 is 2.74 bits per heavy atom. The number of imidazole rings is 1. The Bertz CT molecular complexity index is 1130. The molecule has 0 N–H and O–H groups in total. The largest absolute Gasteiger partial charge is 0.333 e. The van der Waals surface area contributed by atoms with E-state index in [4.69, 9.17) is 16.6 Å². The Morgan fingerprint density at radius 1 is 1.13 bits per heavy atom. The molecular formula is C24H28ClN5O. The minimum Gasteiger partial charge on any atom is -0.333 e. The molecule has 1 amide bonds. The number of halogens is 1. The molecule has 0 bridgehead atoms. The highest BCUT2D eigenvalue weighted by molar-refractivity contribution is 6.30. The van der Waals surface area contributed by atoms with Gasteiger partial charge in [-0.05, 0) is 43.7 Å². The van der Waals surface area contributed by atoms with Crippen LogP contribution in [0.5, 0.6) is 0 Å². The van der Waals surface area contributed by atoms with Crippen molar-refractivity contribution < 1.29 is 4.79 Å². The third-order valence-electron chi connectivity index (χ3n) is 6.72. The average molecular weight is 438 g/mol. The van der Waals surface area contributed by atoms with Crippen molar-refractivity contribution in [2.24, 2.45) is 0 Å². The maximum Gasteiger partial charge on any atom is 0.274 e. The summed E-state index contributed by atoms with van der Waals surface area (Å²) in [5.41, 5.74) is 4.80. The topological polar surface area (TPSA) is 44.1 Å². The molecule has 2 aromatic heterocycles. The Balaban J connectivity index is 1.48. The van der Waals surface area contributed by atoms with Crippen LogP contribution >= 0.6 is 11.6 Å². The van der Waals surface area contributed by atoms with Crippen molar-refractivity contribution in [2.75, 3.05) is 33.2 Å². The van der Waals surface area contributed by atoms with Gasteiger partial charge in [-0.1, -0.05) is 35.9 Å². The number of nitrogens with zero attached hydrogens (tertiary/aromatic N) is 5. The Morgan fingerprint density at radius 2 is 1.94 bits per heavy atom. The summed E-state index contributed by atoms with van der Waals surface area (Å²) < 4.78 is 2.00. The maximum absolute atomic E-state index is 13.6. The zero-order chi connectivity index (χ0) is 21.5. The van der Waals surface area contributed by atoms with Gasteiger partial charge in [0.25, 0.3) is 5.91 Å². The second-order valence-electron chi connectivity index (χ2n) is 8.79. The molecule has 1 atom stereocenters. The van der Waals surface area contributed by atoms with Gasteiger partial charge in [0.15, 0.2) is 5.69 Å². The lowest BCUT2D eigenvalue weighted by atomic mass is 9.99. The van der Waals surface area contributed by atoms with Gasteiger partial charge in [-0.3, -0.25) is 9.69 Å². The number of fused-ring (bicyclic) bond motifs is 2. The molecule has 4 heterocycles. The highest BCUT2D eigenvalue weighted by Crippen LogP contribution is 2.24. The highest BCUT2D eigenvalue weighted by atomic mass is 35.5. The van der Waals surface area contributed by atoms with Gasteiger partial charge in [0.05, 0.1) is 10.7 Å². The van der Waals surface area contributed by atoms with Crippen LogP contribution in [0.4, 0.5) is 0 Å². The molecular weight excluding hydrogens is 410 g/mol. The number of benzene rings is 1. The normalized spacial score (nSPS) is 20.2. The van der Waals surface area contributed by atoms with Crippen LogP contribution in [0.25, 0.3) is 5.65 Å². The maximum atomic E-state index is 13.6. The van der Waals surface area contributed by atoms with E-state index in [0.717, 1.165) is 43.9 Å². The van der Waals surface area contributed by atoms with Gasteiger partial charge in [0.1, 0.15) is 5.65 Å². The van der Waals surface area contributed by atoms with Crippen LogP contribution in [0.1, 0.15) is 34.2 Å². The van der Waals surface area contributed by atoms with Crippen molar-refractivity contribution in [2.45, 2.75) is 32.5 Å². The van der Waals surface area contributed by atoms with Crippen LogP contribution in [0.2, 0.25) is 5.02 Å². The van der Waals surface area contributed by atoms with E-state index in [1.807, 2.05) is 33.7 Å². The predicted molar refractivity (Wildman–Crippen MR) is 122 cm³/mol. The number of amides is 1. The van der Waals surface area contributed by atoms with E-state index in [1.54, 1.807) is 0 Å². The van der Waals surface area contributed by atoms with E-state index < -0.39 is 0 Å². The number of pyridine rings is 1. The molecule has 0 radical (unpaired) electrons. The molecule has 1 aromatic carbocycles. The van der Waals surface area contributed by atoms with E-state index in [9.17, 15) is 4.79 Å². The van der Waals surface area contributed by atoms with Crippen LogP contribution in [0.15, 0.2) is 42.6 Å². The lowest BCUT2D eigenvalue weighted by Crippen LogP contribution is -2.49. The zero-order valence-corrected chi connectivity index (χ0v) is 18.8. The van der Waals surface area contributed by atoms with Crippen LogP contribution in [0.3, 0.4) is 0 Å². The smallest absolute Gasteiger partial charge is 0.274 e. The fraction of sp³-hybridized carbons (Fsp3) is 0.417. The summed E-state index contributed by atoms with van der Waals surface area (Å²) in [5, 5.41) is 0.642. The molecule has 31 heavy (non-hydrogen) atoms. The minimum absolute atomic E-state index is 0.00602. The van der Waals surface area contributed by atoms with Crippen LogP contribution < -0.4 is 0 Å². The van der Waals surface area contributed by atoms with Gasteiger partial charge in [-0.2, -0.15) is 0 Å². The molecule has 1 fully saturated rings. The lowest BCUT2D eigenvalue weighted by Gasteiger charge is -2.37. The number of carbonyl (C=O) groups excluding carboxylic acids is 1. The van der Waals surface area contributed by atoms with E-state index in [-0.39, 0.29) is 5.91 Å². The molecule has 0 saturated carbocycles. The second kappa shape index (κ2) is 8.26. The molecule has 2 aliphatic heterocycles. The lowest BCUT2D eigenvalue weighted by molar-refractivity contribution is 0.0722. The summed E-state index contributed by atoms with van der Waals surface area (Å²) in [4.78, 5) is 25.1. The van der Waals surface area contributed by atoms with E-state index >= 15 is 0 Å². The van der Waals surface area contributed by atoms with Crippen molar-refractivity contribution in [3.05, 3.63) is 70.1 Å². The summed E-state index contributed by atoms with van der Waals surface area (Å²) in [6.45, 7) is 7.24. The first-order valence-corrected chi connectivity index (χ1v) is 11.3. The van der Waals surface area contributed by atoms with Gasteiger partial charge in [-0.15, -0.1) is 0 Å². The van der Waals surface area contributed by atoms with Crippen molar-refractivity contribution in [1.82, 2.24) is 24.1 Å². The molecule has 0 unspecified atom stereocenters. The Kier molecular flexibility index (Phi) is 5.46. The number of aromatic nitrogens is 2. The quantitative estimate of drug-likeness (QED) is 0.630. The van der Waals surface area contributed by atoms with Crippen LogP contribution in [-0.4, -0.2) is 69.3 Å². The molecule has 0 aliphatic carbocycles. The standard InChI is InChI=1S/C24H28ClN5O/c1-17-13-28(12-11-27(17)2)16-21-23(26-22-8-7-20(25)15-30(21)22)24(31)29-10-9-18-5-3-4-6-19(18)14-29/h3-8,15,17H,9-14,16H2,1-2H3/t17-/m0/s1. The molecule has 5 rings (SSSR count). The van der Waals surface area contributed by atoms with Gasteiger partial charge >= 0.3 is 0 Å². The van der Waals surface area contributed by atoms with Gasteiger partial charge in [0, 0.05) is 51.5 Å². The number of likely N-dealkylation sites (N-methyl/N-ethyl adjacent to an activating group) is 1. The molecule has 3 aromatic rings. The van der Waals surface area contributed by atoms with Crippen molar-refractivity contribution in [3.8, 4) is 0 Å². The van der Waals surface area contributed by atoms with Crippen molar-refractivity contribution >= 4 is 23.2 Å². The number of piperazine rings is 1. The monoisotopic (exact) mass is 437 g/mol. The first-order valence-electron chi connectivity index (χ1n) is 10.9. The summed E-state index contributed by atoms with van der Waals surface area (Å²) in [5.74, 6) is 0.00602. The SMILES string of the molecule is C[C@H]1CN(Cc2c(C(=O)N3CCc4ccccc4C3)nc3ccc(Cl)cn23)CCN1C. The number of hydrogen-bond acceptors (Lipinski definition) is 4. The van der Waals surface area contributed by atoms with E-state index in [2.05, 4.69) is 42.0 Å². The number of hydrogen-bond donors (Lipinski definition) is 0. The summed E-state index contributed by atoms with van der Waals surface area (Å²) in [6, 6.07) is 12.6. The summed E-state index contributed by atoms with van der Waals surface area (Å²) in [7, 11) is 2.17. The Hall–Kier alpha value is -2.41. The zero-order valence-electron chi connectivity index (χ0n) is 18.1. The van der Waals surface area contributed by atoms with Crippen LogP contribution in [-0.2, 0) is 19.5 Å². The van der Waals surface area contributed by atoms with Crippen molar-refractivity contribution in [3.63, 3.8) is 0 Å². The summed E-state index contributed by atoms with van der Waals surface area (Å²) in [6.07, 6.45) is 2.76. The van der Waals surface area contributed by atoms with E-state index in [1.165, 1.54) is 11.1 Å². The first kappa shape index (κ1) is 20.5. The van der Waals surface area contributed by atoms with Gasteiger partial charge in [0.2, 0.25) is 0 Å². The van der Waals surface area contributed by atoms with Crippen molar-refractivity contribution in [1.29, 1.82) is 0 Å². The van der Waals surface area contributed by atoms with E-state index in [0.29, 0.717) is 29.8 Å². The van der Waals surface area contributed by atoms with Gasteiger partial charge in [-0.25, -0.2) is 4.98 Å². The molecule has 7 heteroatoms. The number of carbonyl (C=O) groups is 1. The van der Waals surface area contributed by atoms with Gasteiger partial charge < -0.3 is 14.2 Å². The molecule has 6 nitrogen and oxygen atoms in total. The molecule has 162 valence electrons. The fourth-order valence-corrected chi connectivity index (χ4v) is 4.85. The minimum atomic E-state index is 0.00602. The fourth-order valence-electron chi connectivity index (χ4n) is 4.69.